The molecule has 4 nitrogen and oxygen atoms in total. The minimum Gasteiger partial charge on any atom is -0.506 e. The molecule has 4 atom stereocenters. The van der Waals surface area contributed by atoms with E-state index >= 15 is 0 Å². The molecule has 0 radical (unpaired) electrons. The fourth-order valence-electron chi connectivity index (χ4n) is 4.64. The zero-order chi connectivity index (χ0) is 19.0. The summed E-state index contributed by atoms with van der Waals surface area (Å²) in [6.45, 7) is 7.19. The minimum absolute atomic E-state index is 0.121. The number of nitrogens with zero attached hydrogens (tertiary/aromatic N) is 2. The quantitative estimate of drug-likeness (QED) is 0.860. The Balaban J connectivity index is 1.29. The van der Waals surface area contributed by atoms with Gasteiger partial charge in [-0.2, -0.15) is 0 Å². The summed E-state index contributed by atoms with van der Waals surface area (Å²) in [6, 6.07) is 8.78. The number of hydrogen-bond acceptors (Lipinski definition) is 4. The summed E-state index contributed by atoms with van der Waals surface area (Å²) < 4.78 is 20.0. The van der Waals surface area contributed by atoms with Crippen molar-refractivity contribution in [3.8, 4) is 11.5 Å². The van der Waals surface area contributed by atoms with Gasteiger partial charge in [0.1, 0.15) is 5.75 Å². The molecule has 1 aromatic heterocycles. The topological polar surface area (TPSA) is 45.6 Å². The first-order chi connectivity index (χ1) is 13.0. The molecule has 1 aliphatic carbocycles. The highest BCUT2D eigenvalue weighted by molar-refractivity contribution is 5.29. The number of fused-ring (bicyclic) bond motifs is 1. The average Bonchev–Trinajstić information content (AvgIpc) is 3.15. The van der Waals surface area contributed by atoms with Gasteiger partial charge in [0.2, 0.25) is 0 Å². The number of ether oxygens (including phenoxy) is 1. The van der Waals surface area contributed by atoms with Crippen LogP contribution in [-0.2, 0) is 0 Å². The standard InChI is InChI=1S/C22H27FN2O2/c1-14-3-6-22(20(23)7-14)27-19-8-16-12-25(13-17(16)9-19)11-15(2)21-5-4-18(26)10-24-21/h3-7,10,15-17,19,26H,8-9,11-13H2,1-2H3/t15?,16-,17+,19+. The molecule has 1 aromatic carbocycles. The Bertz CT molecular complexity index is 781. The molecule has 0 spiro atoms. The molecule has 4 rings (SSSR count). The van der Waals surface area contributed by atoms with Crippen molar-refractivity contribution in [3.05, 3.63) is 53.6 Å². The average molecular weight is 370 g/mol. The maximum Gasteiger partial charge on any atom is 0.165 e. The van der Waals surface area contributed by atoms with E-state index in [2.05, 4.69) is 16.8 Å². The molecule has 2 heterocycles. The SMILES string of the molecule is Cc1ccc(O[C@H]2C[C@@H]3CN(CC(C)c4ccc(O)cn4)C[C@@H]3C2)c(F)c1. The second-order valence-electron chi connectivity index (χ2n) is 8.23. The summed E-state index contributed by atoms with van der Waals surface area (Å²) in [7, 11) is 0. The van der Waals surface area contributed by atoms with Gasteiger partial charge >= 0.3 is 0 Å². The van der Waals surface area contributed by atoms with Crippen LogP contribution in [0.1, 0.15) is 36.9 Å². The lowest BCUT2D eigenvalue weighted by atomic mass is 10.0. The van der Waals surface area contributed by atoms with Gasteiger partial charge in [0, 0.05) is 31.2 Å². The van der Waals surface area contributed by atoms with Crippen molar-refractivity contribution < 1.29 is 14.2 Å². The van der Waals surface area contributed by atoms with Crippen molar-refractivity contribution in [2.45, 2.75) is 38.7 Å². The number of likely N-dealkylation sites (tertiary alicyclic amines) is 1. The summed E-state index contributed by atoms with van der Waals surface area (Å²) in [5.41, 5.74) is 1.93. The van der Waals surface area contributed by atoms with Gasteiger partial charge in [0.15, 0.2) is 11.6 Å². The van der Waals surface area contributed by atoms with E-state index in [1.807, 2.05) is 19.1 Å². The van der Waals surface area contributed by atoms with Gasteiger partial charge in [-0.1, -0.05) is 13.0 Å². The van der Waals surface area contributed by atoms with Gasteiger partial charge in [-0.15, -0.1) is 0 Å². The van der Waals surface area contributed by atoms with Crippen molar-refractivity contribution in [1.82, 2.24) is 9.88 Å². The number of pyridine rings is 1. The van der Waals surface area contributed by atoms with E-state index in [0.717, 1.165) is 43.7 Å². The molecule has 1 aliphatic heterocycles. The van der Waals surface area contributed by atoms with Crippen molar-refractivity contribution >= 4 is 0 Å². The van der Waals surface area contributed by atoms with Crippen LogP contribution in [0.2, 0.25) is 0 Å². The highest BCUT2D eigenvalue weighted by atomic mass is 19.1. The first-order valence-electron chi connectivity index (χ1n) is 9.78. The van der Waals surface area contributed by atoms with E-state index in [-0.39, 0.29) is 17.7 Å². The Morgan fingerprint density at radius 2 is 1.96 bits per heavy atom. The van der Waals surface area contributed by atoms with Crippen LogP contribution in [0.15, 0.2) is 36.5 Å². The lowest BCUT2D eigenvalue weighted by Crippen LogP contribution is -2.28. The number of benzene rings is 1. The largest absolute Gasteiger partial charge is 0.506 e. The maximum absolute atomic E-state index is 14.0. The number of hydrogen-bond donors (Lipinski definition) is 1. The zero-order valence-electron chi connectivity index (χ0n) is 15.9. The van der Waals surface area contributed by atoms with E-state index in [0.29, 0.717) is 23.5 Å². The van der Waals surface area contributed by atoms with E-state index in [1.54, 1.807) is 12.1 Å². The molecule has 5 heteroatoms. The number of aromatic nitrogens is 1. The molecule has 2 aliphatic rings. The first-order valence-corrected chi connectivity index (χ1v) is 9.78. The maximum atomic E-state index is 14.0. The Labute approximate surface area is 160 Å². The summed E-state index contributed by atoms with van der Waals surface area (Å²) in [5, 5.41) is 9.38. The third-order valence-electron chi connectivity index (χ3n) is 5.97. The van der Waals surface area contributed by atoms with Gasteiger partial charge < -0.3 is 14.7 Å². The molecule has 2 aromatic rings. The number of halogens is 1. The Kier molecular flexibility index (Phi) is 5.04. The lowest BCUT2D eigenvalue weighted by Gasteiger charge is -2.23. The smallest absolute Gasteiger partial charge is 0.165 e. The molecule has 2 fully saturated rings. The molecule has 1 N–H and O–H groups in total. The Morgan fingerprint density at radius 1 is 1.22 bits per heavy atom. The number of rotatable bonds is 5. The molecule has 27 heavy (non-hydrogen) atoms. The molecule has 0 bridgehead atoms. The third-order valence-corrected chi connectivity index (χ3v) is 5.97. The highest BCUT2D eigenvalue weighted by Gasteiger charge is 2.42. The zero-order valence-corrected chi connectivity index (χ0v) is 15.9. The molecule has 1 saturated heterocycles. The Hall–Kier alpha value is -2.14. The van der Waals surface area contributed by atoms with Gasteiger partial charge in [0.25, 0.3) is 0 Å². The van der Waals surface area contributed by atoms with Crippen LogP contribution in [0.25, 0.3) is 0 Å². The van der Waals surface area contributed by atoms with Crippen LogP contribution in [-0.4, -0.2) is 40.7 Å². The van der Waals surface area contributed by atoms with E-state index in [4.69, 9.17) is 4.74 Å². The van der Waals surface area contributed by atoms with Crippen molar-refractivity contribution in [3.63, 3.8) is 0 Å². The van der Waals surface area contributed by atoms with Gasteiger partial charge in [-0.25, -0.2) is 4.39 Å². The van der Waals surface area contributed by atoms with Crippen LogP contribution in [0.5, 0.6) is 11.5 Å². The van der Waals surface area contributed by atoms with Crippen molar-refractivity contribution in [2.75, 3.05) is 19.6 Å². The molecule has 0 amide bonds. The second kappa shape index (κ2) is 7.47. The van der Waals surface area contributed by atoms with Gasteiger partial charge in [-0.3, -0.25) is 4.98 Å². The third kappa shape index (κ3) is 4.08. The predicted octanol–water partition coefficient (Wildman–Crippen LogP) is 4.13. The van der Waals surface area contributed by atoms with E-state index < -0.39 is 0 Å². The van der Waals surface area contributed by atoms with E-state index in [1.165, 1.54) is 12.3 Å². The second-order valence-corrected chi connectivity index (χ2v) is 8.23. The van der Waals surface area contributed by atoms with Crippen molar-refractivity contribution in [2.24, 2.45) is 11.8 Å². The molecule has 144 valence electrons. The van der Waals surface area contributed by atoms with Gasteiger partial charge in [0.05, 0.1) is 12.3 Å². The van der Waals surface area contributed by atoms with Crippen molar-refractivity contribution in [1.29, 1.82) is 0 Å². The summed E-state index contributed by atoms with van der Waals surface area (Å²) in [6.07, 6.45) is 3.63. The fraction of sp³-hybridized carbons (Fsp3) is 0.500. The summed E-state index contributed by atoms with van der Waals surface area (Å²) in [4.78, 5) is 6.84. The predicted molar refractivity (Wildman–Crippen MR) is 103 cm³/mol. The number of aromatic hydroxyl groups is 1. The minimum atomic E-state index is -0.260. The van der Waals surface area contributed by atoms with Crippen LogP contribution < -0.4 is 4.74 Å². The van der Waals surface area contributed by atoms with Crippen LogP contribution >= 0.6 is 0 Å². The summed E-state index contributed by atoms with van der Waals surface area (Å²) >= 11 is 0. The van der Waals surface area contributed by atoms with Crippen LogP contribution in [0.4, 0.5) is 4.39 Å². The van der Waals surface area contributed by atoms with Crippen LogP contribution in [0, 0.1) is 24.6 Å². The molecular weight excluding hydrogens is 343 g/mol. The fourth-order valence-corrected chi connectivity index (χ4v) is 4.64. The molecule has 1 unspecified atom stereocenters. The Morgan fingerprint density at radius 3 is 2.59 bits per heavy atom. The first kappa shape index (κ1) is 18.2. The lowest BCUT2D eigenvalue weighted by molar-refractivity contribution is 0.177. The number of aryl methyl sites for hydroxylation is 1. The molecular formula is C22H27FN2O2. The monoisotopic (exact) mass is 370 g/mol. The van der Waals surface area contributed by atoms with E-state index in [9.17, 15) is 9.50 Å². The van der Waals surface area contributed by atoms with Crippen LogP contribution in [0.3, 0.4) is 0 Å². The van der Waals surface area contributed by atoms with Gasteiger partial charge in [-0.05, 0) is 61.4 Å². The summed E-state index contributed by atoms with van der Waals surface area (Å²) in [5.74, 6) is 1.92. The molecule has 1 saturated carbocycles. The highest BCUT2D eigenvalue weighted by Crippen LogP contribution is 2.40. The normalized spacial score (nSPS) is 26.1.